The second kappa shape index (κ2) is 10.2. The normalized spacial score (nSPS) is 11.6. The van der Waals surface area contributed by atoms with Crippen molar-refractivity contribution < 1.29 is 14.3 Å². The molecule has 3 aromatic carbocycles. The summed E-state index contributed by atoms with van der Waals surface area (Å²) in [7, 11) is 1.65. The minimum absolute atomic E-state index is 0.0881. The minimum atomic E-state index is -0.140. The van der Waals surface area contributed by atoms with Gasteiger partial charge in [0, 0.05) is 16.1 Å². The minimum Gasteiger partial charge on any atom is -0.496 e. The molecule has 0 aromatic heterocycles. The van der Waals surface area contributed by atoms with E-state index in [1.807, 2.05) is 62.4 Å². The molecule has 0 saturated heterocycles. The topological polar surface area (TPSA) is 47.6 Å². The van der Waals surface area contributed by atoms with Crippen molar-refractivity contribution in [3.63, 3.8) is 0 Å². The summed E-state index contributed by atoms with van der Waals surface area (Å²) in [6, 6.07) is 20.6. The summed E-state index contributed by atoms with van der Waals surface area (Å²) in [4.78, 5) is 12.9. The van der Waals surface area contributed by atoms with Crippen LogP contribution < -0.4 is 14.8 Å². The fraction of sp³-hybridized carbons (Fsp3) is 0.240. The van der Waals surface area contributed by atoms with Gasteiger partial charge in [-0.2, -0.15) is 0 Å². The Bertz CT molecular complexity index is 1020. The molecular weight excluding hydrogens is 398 g/mol. The number of benzene rings is 3. The molecular formula is C25H26ClNO3. The molecule has 1 unspecified atom stereocenters. The van der Waals surface area contributed by atoms with E-state index in [1.165, 1.54) is 0 Å². The van der Waals surface area contributed by atoms with Crippen LogP contribution in [0.4, 0.5) is 0 Å². The van der Waals surface area contributed by atoms with Crippen LogP contribution in [0.5, 0.6) is 11.5 Å². The summed E-state index contributed by atoms with van der Waals surface area (Å²) >= 11 is 6.18. The summed E-state index contributed by atoms with van der Waals surface area (Å²) in [5.74, 6) is 1.32. The Kier molecular flexibility index (Phi) is 7.36. The number of nitrogens with one attached hydrogen (secondary N) is 1. The van der Waals surface area contributed by atoms with Gasteiger partial charge in [-0.1, -0.05) is 54.9 Å². The zero-order chi connectivity index (χ0) is 21.5. The van der Waals surface area contributed by atoms with E-state index in [0.717, 1.165) is 28.9 Å². The lowest BCUT2D eigenvalue weighted by atomic mass is 10.0. The Balaban J connectivity index is 1.69. The van der Waals surface area contributed by atoms with Crippen LogP contribution in [-0.4, -0.2) is 13.0 Å². The van der Waals surface area contributed by atoms with E-state index < -0.39 is 0 Å². The summed E-state index contributed by atoms with van der Waals surface area (Å²) in [6.45, 7) is 4.39. The maximum Gasteiger partial charge on any atom is 0.251 e. The van der Waals surface area contributed by atoms with Gasteiger partial charge in [0.1, 0.15) is 18.1 Å². The van der Waals surface area contributed by atoms with Crippen molar-refractivity contribution in [1.29, 1.82) is 0 Å². The van der Waals surface area contributed by atoms with Crippen LogP contribution in [-0.2, 0) is 6.61 Å². The maximum atomic E-state index is 12.9. The van der Waals surface area contributed by atoms with E-state index in [9.17, 15) is 4.79 Å². The van der Waals surface area contributed by atoms with Gasteiger partial charge >= 0.3 is 0 Å². The molecule has 1 amide bonds. The first-order valence-corrected chi connectivity index (χ1v) is 10.3. The number of rotatable bonds is 8. The number of aryl methyl sites for hydroxylation is 1. The van der Waals surface area contributed by atoms with Gasteiger partial charge in [-0.05, 0) is 54.8 Å². The third-order valence-electron chi connectivity index (χ3n) is 4.98. The average molecular weight is 424 g/mol. The van der Waals surface area contributed by atoms with Crippen molar-refractivity contribution >= 4 is 17.5 Å². The highest BCUT2D eigenvalue weighted by atomic mass is 35.5. The van der Waals surface area contributed by atoms with Crippen LogP contribution in [0.3, 0.4) is 0 Å². The van der Waals surface area contributed by atoms with Crippen molar-refractivity contribution in [1.82, 2.24) is 5.32 Å². The van der Waals surface area contributed by atoms with Gasteiger partial charge in [0.15, 0.2) is 0 Å². The lowest BCUT2D eigenvalue weighted by Gasteiger charge is -2.19. The van der Waals surface area contributed by atoms with Gasteiger partial charge in [0.25, 0.3) is 5.91 Å². The van der Waals surface area contributed by atoms with Gasteiger partial charge in [-0.25, -0.2) is 0 Å². The zero-order valence-electron chi connectivity index (χ0n) is 17.4. The Morgan fingerprint density at radius 2 is 1.87 bits per heavy atom. The van der Waals surface area contributed by atoms with Crippen LogP contribution in [0.1, 0.15) is 46.4 Å². The molecule has 3 aromatic rings. The Hall–Kier alpha value is -2.98. The van der Waals surface area contributed by atoms with Crippen molar-refractivity contribution in [2.24, 2.45) is 0 Å². The van der Waals surface area contributed by atoms with Crippen molar-refractivity contribution in [2.45, 2.75) is 32.9 Å². The van der Waals surface area contributed by atoms with Crippen LogP contribution in [0.2, 0.25) is 5.02 Å². The predicted octanol–water partition coefficient (Wildman–Crippen LogP) is 6.12. The molecule has 156 valence electrons. The number of carbonyl (C=O) groups is 1. The largest absolute Gasteiger partial charge is 0.496 e. The number of carbonyl (C=O) groups excluding carboxylic acids is 1. The van der Waals surface area contributed by atoms with Crippen LogP contribution in [0.25, 0.3) is 0 Å². The summed E-state index contributed by atoms with van der Waals surface area (Å²) in [5.41, 5.74) is 3.54. The molecule has 30 heavy (non-hydrogen) atoms. The highest BCUT2D eigenvalue weighted by Gasteiger charge is 2.16. The average Bonchev–Trinajstić information content (AvgIpc) is 2.77. The van der Waals surface area contributed by atoms with Crippen LogP contribution in [0.15, 0.2) is 66.7 Å². The lowest BCUT2D eigenvalue weighted by Crippen LogP contribution is -2.28. The maximum absolute atomic E-state index is 12.9. The van der Waals surface area contributed by atoms with Crippen LogP contribution in [0, 0.1) is 6.92 Å². The zero-order valence-corrected chi connectivity index (χ0v) is 18.2. The molecule has 4 nitrogen and oxygen atoms in total. The number of amides is 1. The van der Waals surface area contributed by atoms with Gasteiger partial charge < -0.3 is 14.8 Å². The fourth-order valence-corrected chi connectivity index (χ4v) is 3.47. The van der Waals surface area contributed by atoms with E-state index in [0.29, 0.717) is 22.9 Å². The SMILES string of the molecule is CCC(NC(=O)c1cccc(OCc2ccccc2Cl)c1)c1ccc(OC)c(C)c1. The summed E-state index contributed by atoms with van der Waals surface area (Å²) in [6.07, 6.45) is 0.778. The molecule has 0 bridgehead atoms. The Morgan fingerprint density at radius 3 is 2.57 bits per heavy atom. The molecule has 0 spiro atoms. The summed E-state index contributed by atoms with van der Waals surface area (Å²) < 4.78 is 11.2. The van der Waals surface area contributed by atoms with Crippen molar-refractivity contribution in [2.75, 3.05) is 7.11 Å². The lowest BCUT2D eigenvalue weighted by molar-refractivity contribution is 0.0935. The van der Waals surface area contributed by atoms with Crippen molar-refractivity contribution in [3.05, 3.63) is 94.0 Å². The fourth-order valence-electron chi connectivity index (χ4n) is 3.28. The van der Waals surface area contributed by atoms with E-state index >= 15 is 0 Å². The first-order valence-electron chi connectivity index (χ1n) is 9.93. The van der Waals surface area contributed by atoms with Gasteiger partial charge in [0.2, 0.25) is 0 Å². The molecule has 0 aliphatic heterocycles. The second-order valence-electron chi connectivity index (χ2n) is 7.07. The third-order valence-corrected chi connectivity index (χ3v) is 5.35. The molecule has 0 radical (unpaired) electrons. The number of hydrogen-bond donors (Lipinski definition) is 1. The first kappa shape index (κ1) is 21.7. The Morgan fingerprint density at radius 1 is 1.07 bits per heavy atom. The third kappa shape index (κ3) is 5.33. The number of ether oxygens (including phenoxy) is 2. The van der Waals surface area contributed by atoms with E-state index in [1.54, 1.807) is 19.2 Å². The predicted molar refractivity (Wildman–Crippen MR) is 120 cm³/mol. The molecule has 0 fully saturated rings. The highest BCUT2D eigenvalue weighted by molar-refractivity contribution is 6.31. The van der Waals surface area contributed by atoms with Gasteiger partial charge in [-0.3, -0.25) is 4.79 Å². The van der Waals surface area contributed by atoms with Crippen molar-refractivity contribution in [3.8, 4) is 11.5 Å². The second-order valence-corrected chi connectivity index (χ2v) is 7.48. The number of methoxy groups -OCH3 is 1. The molecule has 0 heterocycles. The van der Waals surface area contributed by atoms with E-state index in [2.05, 4.69) is 11.4 Å². The molecule has 0 aliphatic carbocycles. The highest BCUT2D eigenvalue weighted by Crippen LogP contribution is 2.25. The van der Waals surface area contributed by atoms with E-state index in [-0.39, 0.29) is 11.9 Å². The number of halogens is 1. The first-order chi connectivity index (χ1) is 14.5. The Labute approximate surface area is 182 Å². The molecule has 0 saturated carbocycles. The molecule has 1 atom stereocenters. The van der Waals surface area contributed by atoms with Gasteiger partial charge in [-0.15, -0.1) is 0 Å². The van der Waals surface area contributed by atoms with Crippen LogP contribution >= 0.6 is 11.6 Å². The molecule has 1 N–H and O–H groups in total. The summed E-state index contributed by atoms with van der Waals surface area (Å²) in [5, 5.41) is 3.78. The van der Waals surface area contributed by atoms with E-state index in [4.69, 9.17) is 21.1 Å². The molecule has 0 aliphatic rings. The molecule has 5 heteroatoms. The van der Waals surface area contributed by atoms with Gasteiger partial charge in [0.05, 0.1) is 13.2 Å². The monoisotopic (exact) mass is 423 g/mol. The number of hydrogen-bond acceptors (Lipinski definition) is 3. The smallest absolute Gasteiger partial charge is 0.251 e. The standard InChI is InChI=1S/C25H26ClNO3/c1-4-23(18-12-13-24(29-3)17(2)14-18)27-25(28)19-9-7-10-21(15-19)30-16-20-8-5-6-11-22(20)26/h5-15,23H,4,16H2,1-3H3,(H,27,28). The molecule has 3 rings (SSSR count). The quantitative estimate of drug-likeness (QED) is 0.475.